The Morgan fingerprint density at radius 2 is 1.75 bits per heavy atom. The number of unbranched alkanes of at least 4 members (excludes halogenated alkanes) is 1. The van der Waals surface area contributed by atoms with Crippen LogP contribution in [-0.4, -0.2) is 42.1 Å². The summed E-state index contributed by atoms with van der Waals surface area (Å²) >= 11 is 1.28. The van der Waals surface area contributed by atoms with Gasteiger partial charge in [-0.05, 0) is 61.4 Å². The lowest BCUT2D eigenvalue weighted by Gasteiger charge is -2.23. The molecule has 1 aromatic heterocycles. The van der Waals surface area contributed by atoms with Gasteiger partial charge >= 0.3 is 5.91 Å². The molecule has 40 heavy (non-hydrogen) atoms. The number of carbonyl (C=O) groups is 2. The van der Waals surface area contributed by atoms with Crippen molar-refractivity contribution < 1.29 is 28.9 Å². The van der Waals surface area contributed by atoms with Crippen LogP contribution >= 0.6 is 11.3 Å². The van der Waals surface area contributed by atoms with Crippen LogP contribution in [-0.2, 0) is 9.59 Å². The summed E-state index contributed by atoms with van der Waals surface area (Å²) in [6.45, 7) is 5.04. The summed E-state index contributed by atoms with van der Waals surface area (Å²) in [4.78, 5) is 33.2. The van der Waals surface area contributed by atoms with Gasteiger partial charge in [0.05, 0.1) is 42.2 Å². The van der Waals surface area contributed by atoms with Gasteiger partial charge in [0.25, 0.3) is 5.78 Å². The summed E-state index contributed by atoms with van der Waals surface area (Å²) in [5.74, 6) is -0.0290. The second kappa shape index (κ2) is 11.8. The van der Waals surface area contributed by atoms with E-state index in [1.807, 2.05) is 25.1 Å². The first-order valence-corrected chi connectivity index (χ1v) is 14.0. The molecule has 206 valence electrons. The summed E-state index contributed by atoms with van der Waals surface area (Å²) in [5.41, 5.74) is 1.63. The largest absolute Gasteiger partial charge is 0.507 e. The van der Waals surface area contributed by atoms with E-state index in [1.165, 1.54) is 16.2 Å². The van der Waals surface area contributed by atoms with Crippen LogP contribution in [0.2, 0.25) is 0 Å². The van der Waals surface area contributed by atoms with Gasteiger partial charge in [0.1, 0.15) is 23.0 Å². The van der Waals surface area contributed by atoms with Gasteiger partial charge in [0, 0.05) is 5.56 Å². The molecule has 1 aliphatic heterocycles. The number of ketones is 1. The molecular formula is C31H30N2O6S. The maximum absolute atomic E-state index is 13.6. The minimum atomic E-state index is -0.924. The standard InChI is InChI=1S/C31H30N2O6S/c1-4-6-15-39-22-12-8-10-20(17-22)28(34)26-27(19-9-7-11-21(16-19)37-3)33(30(36)29(26)35)31-32-24-14-13-23(38-5-2)18-25(24)40-31/h7-14,16-18,27,34H,4-6,15H2,1-3H3. The van der Waals surface area contributed by atoms with Gasteiger partial charge in [0.2, 0.25) is 0 Å². The summed E-state index contributed by atoms with van der Waals surface area (Å²) in [5, 5.41) is 11.9. The number of aromatic nitrogens is 1. The minimum absolute atomic E-state index is 0.0294. The number of hydrogen-bond acceptors (Lipinski definition) is 8. The lowest BCUT2D eigenvalue weighted by molar-refractivity contribution is -0.132. The molecule has 0 radical (unpaired) electrons. The van der Waals surface area contributed by atoms with Gasteiger partial charge in [-0.15, -0.1) is 0 Å². The zero-order valence-electron chi connectivity index (χ0n) is 22.5. The van der Waals surface area contributed by atoms with Crippen LogP contribution in [0.25, 0.3) is 16.0 Å². The van der Waals surface area contributed by atoms with Crippen molar-refractivity contribution in [3.8, 4) is 17.2 Å². The third-order valence-corrected chi connectivity index (χ3v) is 7.61. The Kier molecular flexibility index (Phi) is 8.02. The van der Waals surface area contributed by atoms with E-state index in [2.05, 4.69) is 11.9 Å². The second-order valence-electron chi connectivity index (χ2n) is 9.23. The Morgan fingerprint density at radius 1 is 0.975 bits per heavy atom. The molecule has 1 N–H and O–H groups in total. The van der Waals surface area contributed by atoms with Crippen LogP contribution in [0, 0.1) is 0 Å². The van der Waals surface area contributed by atoms with E-state index in [1.54, 1.807) is 55.6 Å². The van der Waals surface area contributed by atoms with Crippen LogP contribution in [0.15, 0.2) is 72.3 Å². The van der Waals surface area contributed by atoms with Crippen molar-refractivity contribution in [3.63, 3.8) is 0 Å². The van der Waals surface area contributed by atoms with E-state index in [0.717, 1.165) is 17.5 Å². The van der Waals surface area contributed by atoms with Gasteiger partial charge in [0.15, 0.2) is 5.13 Å². The average Bonchev–Trinajstić information content (AvgIpc) is 3.50. The summed E-state index contributed by atoms with van der Waals surface area (Å²) in [6, 6.07) is 18.6. The van der Waals surface area contributed by atoms with Crippen molar-refractivity contribution in [3.05, 3.63) is 83.4 Å². The number of fused-ring (bicyclic) bond motifs is 1. The molecule has 1 atom stereocenters. The number of nitrogens with zero attached hydrogens (tertiary/aromatic N) is 2. The lowest BCUT2D eigenvalue weighted by atomic mass is 9.95. The van der Waals surface area contributed by atoms with Crippen molar-refractivity contribution in [2.75, 3.05) is 25.2 Å². The van der Waals surface area contributed by atoms with Gasteiger partial charge in [-0.3, -0.25) is 14.5 Å². The number of anilines is 1. The number of carbonyl (C=O) groups excluding carboxylic acids is 2. The van der Waals surface area contributed by atoms with Crippen LogP contribution < -0.4 is 19.1 Å². The van der Waals surface area contributed by atoms with Crippen molar-refractivity contribution in [1.82, 2.24) is 4.98 Å². The first-order valence-electron chi connectivity index (χ1n) is 13.2. The third kappa shape index (κ3) is 5.24. The molecule has 0 spiro atoms. The number of methoxy groups -OCH3 is 1. The number of thiazole rings is 1. The Bertz CT molecular complexity index is 1590. The van der Waals surface area contributed by atoms with Gasteiger partial charge < -0.3 is 19.3 Å². The number of aliphatic hydroxyl groups excluding tert-OH is 1. The molecule has 0 bridgehead atoms. The van der Waals surface area contributed by atoms with Crippen LogP contribution in [0.3, 0.4) is 0 Å². The maximum atomic E-state index is 13.6. The van der Waals surface area contributed by atoms with E-state index in [0.29, 0.717) is 52.2 Å². The van der Waals surface area contributed by atoms with Gasteiger partial charge in [-0.2, -0.15) is 0 Å². The molecule has 5 rings (SSSR count). The number of amides is 1. The monoisotopic (exact) mass is 558 g/mol. The molecule has 1 unspecified atom stereocenters. The number of benzene rings is 3. The van der Waals surface area contributed by atoms with E-state index in [9.17, 15) is 14.7 Å². The molecule has 1 saturated heterocycles. The first kappa shape index (κ1) is 27.2. The smallest absolute Gasteiger partial charge is 0.301 e. The topological polar surface area (TPSA) is 98.2 Å². The number of Topliss-reactive ketones (excluding diaryl/α,β-unsaturated/α-hetero) is 1. The fourth-order valence-corrected chi connectivity index (χ4v) is 5.65. The highest BCUT2D eigenvalue weighted by Crippen LogP contribution is 2.45. The van der Waals surface area contributed by atoms with Crippen molar-refractivity contribution >= 4 is 44.1 Å². The SMILES string of the molecule is CCCCOc1cccc(C(O)=C2C(=O)C(=O)N(c3nc4ccc(OCC)cc4s3)C2c2cccc(OC)c2)c1. The third-order valence-electron chi connectivity index (χ3n) is 6.59. The van der Waals surface area contributed by atoms with Gasteiger partial charge in [-0.25, -0.2) is 4.98 Å². The molecule has 1 fully saturated rings. The lowest BCUT2D eigenvalue weighted by Crippen LogP contribution is -2.29. The van der Waals surface area contributed by atoms with Gasteiger partial charge in [-0.1, -0.05) is 48.9 Å². The molecule has 8 nitrogen and oxygen atoms in total. The van der Waals surface area contributed by atoms with E-state index in [4.69, 9.17) is 14.2 Å². The highest BCUT2D eigenvalue weighted by atomic mass is 32.1. The van der Waals surface area contributed by atoms with Crippen LogP contribution in [0.1, 0.15) is 43.9 Å². The average molecular weight is 559 g/mol. The Hall–Kier alpha value is -4.37. The van der Waals surface area contributed by atoms with Crippen molar-refractivity contribution in [2.24, 2.45) is 0 Å². The molecule has 9 heteroatoms. The minimum Gasteiger partial charge on any atom is -0.507 e. The highest BCUT2D eigenvalue weighted by Gasteiger charge is 2.48. The molecule has 1 amide bonds. The summed E-state index contributed by atoms with van der Waals surface area (Å²) in [6.07, 6.45) is 1.88. The van der Waals surface area contributed by atoms with Crippen LogP contribution in [0.5, 0.6) is 17.2 Å². The summed E-state index contributed by atoms with van der Waals surface area (Å²) < 4.78 is 17.7. The zero-order chi connectivity index (χ0) is 28.2. The first-order chi connectivity index (χ1) is 19.4. The number of rotatable bonds is 10. The molecule has 0 saturated carbocycles. The maximum Gasteiger partial charge on any atom is 0.301 e. The van der Waals surface area contributed by atoms with Crippen molar-refractivity contribution in [1.29, 1.82) is 0 Å². The molecule has 0 aliphatic carbocycles. The van der Waals surface area contributed by atoms with E-state index >= 15 is 0 Å². The normalized spacial score (nSPS) is 16.5. The fourth-order valence-electron chi connectivity index (χ4n) is 4.63. The Morgan fingerprint density at radius 3 is 2.52 bits per heavy atom. The predicted octanol–water partition coefficient (Wildman–Crippen LogP) is 6.51. The predicted molar refractivity (Wildman–Crippen MR) is 155 cm³/mol. The summed E-state index contributed by atoms with van der Waals surface area (Å²) in [7, 11) is 1.55. The second-order valence-corrected chi connectivity index (χ2v) is 10.2. The molecule has 1 aliphatic rings. The highest BCUT2D eigenvalue weighted by molar-refractivity contribution is 7.22. The number of hydrogen-bond donors (Lipinski definition) is 1. The fraction of sp³-hybridized carbons (Fsp3) is 0.258. The number of ether oxygens (including phenoxy) is 3. The quantitative estimate of drug-likeness (QED) is 0.103. The molecular weight excluding hydrogens is 528 g/mol. The molecule has 3 aromatic carbocycles. The number of aliphatic hydroxyl groups is 1. The molecule has 4 aromatic rings. The van der Waals surface area contributed by atoms with Crippen molar-refractivity contribution in [2.45, 2.75) is 32.7 Å². The Labute approximate surface area is 236 Å². The molecule has 2 heterocycles. The zero-order valence-corrected chi connectivity index (χ0v) is 23.4. The van der Waals surface area contributed by atoms with E-state index in [-0.39, 0.29) is 11.3 Å². The van der Waals surface area contributed by atoms with Crippen LogP contribution in [0.4, 0.5) is 5.13 Å². The Balaban J connectivity index is 1.64. The van der Waals surface area contributed by atoms with E-state index < -0.39 is 17.7 Å².